The predicted octanol–water partition coefficient (Wildman–Crippen LogP) is 1.34. The van der Waals surface area contributed by atoms with E-state index >= 15 is 0 Å². The number of nitrogens with zero attached hydrogens (tertiary/aromatic N) is 4. The summed E-state index contributed by atoms with van der Waals surface area (Å²) in [4.78, 5) is 15.5. The van der Waals surface area contributed by atoms with E-state index < -0.39 is 11.9 Å². The van der Waals surface area contributed by atoms with Gasteiger partial charge in [-0.05, 0) is 12.3 Å². The minimum Gasteiger partial charge on any atom is -0.481 e. The van der Waals surface area contributed by atoms with E-state index in [4.69, 9.17) is 0 Å². The average molecular weight is 234 g/mol. The van der Waals surface area contributed by atoms with Gasteiger partial charge in [0.2, 0.25) is 0 Å². The van der Waals surface area contributed by atoms with Crippen LogP contribution in [0.3, 0.4) is 0 Å². The summed E-state index contributed by atoms with van der Waals surface area (Å²) in [5.74, 6) is -1.23. The maximum Gasteiger partial charge on any atom is 0.312 e. The standard InChI is InChI=1S/C11H14N4O2/c1-7(2)5-8(11(16)17)9-10-14-13-6-15(10)4-3-12-9/h3-4,6-8H,5H2,1-2H3,(H,16,17). The van der Waals surface area contributed by atoms with E-state index in [2.05, 4.69) is 15.2 Å². The highest BCUT2D eigenvalue weighted by molar-refractivity contribution is 5.77. The van der Waals surface area contributed by atoms with Crippen molar-refractivity contribution in [1.82, 2.24) is 19.6 Å². The largest absolute Gasteiger partial charge is 0.481 e. The summed E-state index contributed by atoms with van der Waals surface area (Å²) < 4.78 is 1.68. The van der Waals surface area contributed by atoms with Gasteiger partial charge in [0, 0.05) is 12.4 Å². The molecule has 1 unspecified atom stereocenters. The predicted molar refractivity (Wildman–Crippen MR) is 60.6 cm³/mol. The monoisotopic (exact) mass is 234 g/mol. The van der Waals surface area contributed by atoms with Gasteiger partial charge in [0.15, 0.2) is 5.65 Å². The van der Waals surface area contributed by atoms with Gasteiger partial charge in [0.1, 0.15) is 12.2 Å². The molecule has 0 aliphatic heterocycles. The highest BCUT2D eigenvalue weighted by Gasteiger charge is 2.25. The first-order valence-electron chi connectivity index (χ1n) is 5.46. The van der Waals surface area contributed by atoms with Gasteiger partial charge < -0.3 is 5.11 Å². The molecule has 0 aliphatic rings. The zero-order valence-electron chi connectivity index (χ0n) is 9.74. The molecule has 6 heteroatoms. The first-order valence-corrected chi connectivity index (χ1v) is 5.46. The third kappa shape index (κ3) is 2.25. The molecule has 2 aromatic rings. The number of aromatic nitrogens is 4. The minimum absolute atomic E-state index is 0.279. The first-order chi connectivity index (χ1) is 8.09. The Bertz CT molecular complexity index is 535. The van der Waals surface area contributed by atoms with Gasteiger partial charge in [-0.1, -0.05) is 13.8 Å². The van der Waals surface area contributed by atoms with E-state index in [1.54, 1.807) is 16.8 Å². The van der Waals surface area contributed by atoms with Crippen molar-refractivity contribution < 1.29 is 9.90 Å². The summed E-state index contributed by atoms with van der Waals surface area (Å²) >= 11 is 0. The highest BCUT2D eigenvalue weighted by atomic mass is 16.4. The van der Waals surface area contributed by atoms with Crippen LogP contribution < -0.4 is 0 Å². The molecule has 90 valence electrons. The third-order valence-corrected chi connectivity index (χ3v) is 2.58. The van der Waals surface area contributed by atoms with E-state index in [1.165, 1.54) is 6.33 Å². The molecule has 6 nitrogen and oxygen atoms in total. The maximum atomic E-state index is 11.3. The zero-order chi connectivity index (χ0) is 12.4. The molecule has 2 rings (SSSR count). The molecule has 0 saturated heterocycles. The van der Waals surface area contributed by atoms with Crippen molar-refractivity contribution in [3.8, 4) is 0 Å². The van der Waals surface area contributed by atoms with E-state index in [9.17, 15) is 9.90 Å². The van der Waals surface area contributed by atoms with Crippen molar-refractivity contribution in [2.75, 3.05) is 0 Å². The van der Waals surface area contributed by atoms with Gasteiger partial charge in [-0.3, -0.25) is 14.2 Å². The number of fused-ring (bicyclic) bond motifs is 1. The van der Waals surface area contributed by atoms with Crippen LogP contribution in [0.2, 0.25) is 0 Å². The summed E-state index contributed by atoms with van der Waals surface area (Å²) in [5.41, 5.74) is 0.992. The molecule has 17 heavy (non-hydrogen) atoms. The van der Waals surface area contributed by atoms with E-state index in [-0.39, 0.29) is 5.92 Å². The third-order valence-electron chi connectivity index (χ3n) is 2.58. The van der Waals surface area contributed by atoms with E-state index in [1.807, 2.05) is 13.8 Å². The topological polar surface area (TPSA) is 80.4 Å². The second-order valence-corrected chi connectivity index (χ2v) is 4.39. The van der Waals surface area contributed by atoms with Gasteiger partial charge in [0.05, 0.1) is 5.69 Å². The molecule has 0 radical (unpaired) electrons. The molecule has 2 aromatic heterocycles. The van der Waals surface area contributed by atoms with Crippen LogP contribution >= 0.6 is 0 Å². The smallest absolute Gasteiger partial charge is 0.312 e. The molecule has 0 amide bonds. The van der Waals surface area contributed by atoms with Crippen molar-refractivity contribution in [1.29, 1.82) is 0 Å². The molecule has 1 atom stereocenters. The lowest BCUT2D eigenvalue weighted by molar-refractivity contribution is -0.139. The molecule has 2 heterocycles. The lowest BCUT2D eigenvalue weighted by Crippen LogP contribution is -2.16. The van der Waals surface area contributed by atoms with Crippen LogP contribution in [0.5, 0.6) is 0 Å². The Morgan fingerprint density at radius 2 is 2.29 bits per heavy atom. The summed E-state index contributed by atoms with van der Waals surface area (Å²) in [6.07, 6.45) is 5.35. The summed E-state index contributed by atoms with van der Waals surface area (Å²) in [6.45, 7) is 3.97. The number of hydrogen-bond acceptors (Lipinski definition) is 4. The fourth-order valence-corrected chi connectivity index (χ4v) is 1.82. The summed E-state index contributed by atoms with van der Waals surface area (Å²) in [6, 6.07) is 0. The number of rotatable bonds is 4. The van der Waals surface area contributed by atoms with Gasteiger partial charge in [0.25, 0.3) is 0 Å². The average Bonchev–Trinajstić information content (AvgIpc) is 2.73. The molecular formula is C11H14N4O2. The fraction of sp³-hybridized carbons (Fsp3) is 0.455. The number of aliphatic carboxylic acids is 1. The second-order valence-electron chi connectivity index (χ2n) is 4.39. The van der Waals surface area contributed by atoms with Gasteiger partial charge >= 0.3 is 5.97 Å². The van der Waals surface area contributed by atoms with Crippen molar-refractivity contribution in [2.24, 2.45) is 5.92 Å². The first kappa shape index (κ1) is 11.5. The van der Waals surface area contributed by atoms with E-state index in [0.29, 0.717) is 17.8 Å². The van der Waals surface area contributed by atoms with E-state index in [0.717, 1.165) is 0 Å². The Hall–Kier alpha value is -1.98. The van der Waals surface area contributed by atoms with Gasteiger partial charge in [-0.2, -0.15) is 0 Å². The lowest BCUT2D eigenvalue weighted by atomic mass is 9.94. The normalized spacial score (nSPS) is 13.1. The second kappa shape index (κ2) is 4.48. The van der Waals surface area contributed by atoms with Crippen LogP contribution in [-0.4, -0.2) is 30.7 Å². The quantitative estimate of drug-likeness (QED) is 0.863. The lowest BCUT2D eigenvalue weighted by Gasteiger charge is -2.14. The molecule has 0 spiro atoms. The van der Waals surface area contributed by atoms with Crippen LogP contribution in [0.25, 0.3) is 5.65 Å². The molecule has 0 fully saturated rings. The molecule has 0 aromatic carbocycles. The molecule has 0 aliphatic carbocycles. The molecular weight excluding hydrogens is 220 g/mol. The van der Waals surface area contributed by atoms with Crippen LogP contribution in [0.1, 0.15) is 31.9 Å². The SMILES string of the molecule is CC(C)CC(C(=O)O)c1nccn2cnnc12. The van der Waals surface area contributed by atoms with Gasteiger partial charge in [-0.25, -0.2) is 0 Å². The summed E-state index contributed by atoms with van der Waals surface area (Å²) in [5, 5.41) is 17.0. The van der Waals surface area contributed by atoms with Crippen LogP contribution in [-0.2, 0) is 4.79 Å². The van der Waals surface area contributed by atoms with Crippen LogP contribution in [0.4, 0.5) is 0 Å². The highest BCUT2D eigenvalue weighted by Crippen LogP contribution is 2.24. The maximum absolute atomic E-state index is 11.3. The number of carbonyl (C=O) groups is 1. The van der Waals surface area contributed by atoms with Crippen LogP contribution in [0, 0.1) is 5.92 Å². The zero-order valence-corrected chi connectivity index (χ0v) is 9.74. The van der Waals surface area contributed by atoms with Crippen molar-refractivity contribution in [2.45, 2.75) is 26.2 Å². The summed E-state index contributed by atoms with van der Waals surface area (Å²) in [7, 11) is 0. The number of hydrogen-bond donors (Lipinski definition) is 1. The van der Waals surface area contributed by atoms with Crippen LogP contribution in [0.15, 0.2) is 18.7 Å². The Morgan fingerprint density at radius 3 is 2.94 bits per heavy atom. The fourth-order valence-electron chi connectivity index (χ4n) is 1.82. The Labute approximate surface area is 98.3 Å². The number of carboxylic acid groups (broad SMARTS) is 1. The Kier molecular flexibility index (Phi) is 3.03. The Balaban J connectivity index is 2.48. The Morgan fingerprint density at radius 1 is 1.53 bits per heavy atom. The molecule has 1 N–H and O–H groups in total. The number of carboxylic acids is 1. The molecule has 0 bridgehead atoms. The minimum atomic E-state index is -0.873. The van der Waals surface area contributed by atoms with Gasteiger partial charge in [-0.15, -0.1) is 10.2 Å². The van der Waals surface area contributed by atoms with Crippen molar-refractivity contribution in [3.05, 3.63) is 24.4 Å². The molecule has 0 saturated carbocycles. The van der Waals surface area contributed by atoms with Crippen molar-refractivity contribution >= 4 is 11.6 Å². The van der Waals surface area contributed by atoms with Crippen molar-refractivity contribution in [3.63, 3.8) is 0 Å².